The van der Waals surface area contributed by atoms with E-state index >= 15 is 0 Å². The van der Waals surface area contributed by atoms with Crippen molar-refractivity contribution in [1.82, 2.24) is 15.4 Å². The Morgan fingerprint density at radius 1 is 1.03 bits per heavy atom. The van der Waals surface area contributed by atoms with Gasteiger partial charge in [0.2, 0.25) is 0 Å². The summed E-state index contributed by atoms with van der Waals surface area (Å²) in [6.07, 6.45) is 4.60. The average molecular weight is 554 g/mol. The van der Waals surface area contributed by atoms with Gasteiger partial charge in [-0.3, -0.25) is 9.69 Å². The number of nitrogens with zero attached hydrogens (tertiary/aromatic N) is 3. The molecule has 3 amide bonds. The van der Waals surface area contributed by atoms with Crippen molar-refractivity contribution in [2.24, 2.45) is 0 Å². The summed E-state index contributed by atoms with van der Waals surface area (Å²) in [6.45, 7) is 1.52. The van der Waals surface area contributed by atoms with Crippen LogP contribution in [0.3, 0.4) is 0 Å². The lowest BCUT2D eigenvalue weighted by molar-refractivity contribution is 0.0829. The molecule has 1 N–H and O–H groups in total. The van der Waals surface area contributed by atoms with Crippen LogP contribution in [0.1, 0.15) is 27.9 Å². The van der Waals surface area contributed by atoms with Gasteiger partial charge in [0.15, 0.2) is 0 Å². The fourth-order valence-corrected chi connectivity index (χ4v) is 3.93. The molecule has 0 bridgehead atoms. The van der Waals surface area contributed by atoms with Gasteiger partial charge in [0.1, 0.15) is 28.8 Å². The van der Waals surface area contributed by atoms with Crippen molar-refractivity contribution in [3.05, 3.63) is 102 Å². The van der Waals surface area contributed by atoms with Gasteiger partial charge in [0, 0.05) is 24.8 Å². The molecule has 33 heavy (non-hydrogen) atoms. The summed E-state index contributed by atoms with van der Waals surface area (Å²) in [5.41, 5.74) is 6.10. The molecule has 0 saturated carbocycles. The molecule has 1 aromatic heterocycles. The summed E-state index contributed by atoms with van der Waals surface area (Å²) >= 11 is 1.60. The van der Waals surface area contributed by atoms with E-state index < -0.39 is 0 Å². The van der Waals surface area contributed by atoms with Crippen LogP contribution in [0.15, 0.2) is 85.1 Å². The largest absolute Gasteiger partial charge is 0.326 e. The molecule has 8 heteroatoms. The van der Waals surface area contributed by atoms with Crippen LogP contribution in [0.2, 0.25) is 0 Å². The number of rotatable bonds is 6. The Labute approximate surface area is 206 Å². The van der Waals surface area contributed by atoms with E-state index in [0.717, 1.165) is 12.0 Å². The van der Waals surface area contributed by atoms with Crippen LogP contribution in [0, 0.1) is 0 Å². The highest BCUT2D eigenvalue weighted by molar-refractivity contribution is 14.1. The van der Waals surface area contributed by atoms with Crippen molar-refractivity contribution in [3.8, 4) is 0 Å². The topological polar surface area (TPSA) is 74.8 Å². The third-order valence-electron chi connectivity index (χ3n) is 5.47. The number of carbonyl (C=O) groups excluding carboxylic acids is 2. The Morgan fingerprint density at radius 2 is 1.79 bits per heavy atom. The molecule has 1 aliphatic heterocycles. The van der Waals surface area contributed by atoms with E-state index in [2.05, 4.69) is 31.8 Å². The molecule has 0 fully saturated rings. The first-order valence-corrected chi connectivity index (χ1v) is 11.4. The maximum absolute atomic E-state index is 13.5. The zero-order valence-corrected chi connectivity index (χ0v) is 20.0. The van der Waals surface area contributed by atoms with Crippen LogP contribution in [0.4, 0.5) is 10.6 Å². The Hall–Kier alpha value is -3.24. The van der Waals surface area contributed by atoms with Crippen LogP contribution in [-0.2, 0) is 9.71 Å². The number of hydrogen-bond acceptors (Lipinski definition) is 4. The van der Waals surface area contributed by atoms with E-state index in [1.807, 2.05) is 53.4 Å². The highest BCUT2D eigenvalue weighted by Crippen LogP contribution is 2.24. The average Bonchev–Trinajstić information content (AvgIpc) is 2.88. The minimum atomic E-state index is -0.331. The standard InChI is InChI=1S/C25H23IN4O3/c26-33-28-24(31)22-11-9-19(10-12-22)18-30(23-8-4-5-15-27-23)25(32)29-16-13-21(14-17-29)20-6-2-1-3-7-20/h1-13,15H,14,16-18H2,(H,28,31). The molecule has 0 atom stereocenters. The molecule has 0 unspecified atom stereocenters. The summed E-state index contributed by atoms with van der Waals surface area (Å²) in [6, 6.07) is 22.7. The van der Waals surface area contributed by atoms with Crippen molar-refractivity contribution >= 4 is 46.3 Å². The number of hydroxylamine groups is 1. The van der Waals surface area contributed by atoms with Crippen LogP contribution in [-0.4, -0.2) is 34.9 Å². The predicted octanol–water partition coefficient (Wildman–Crippen LogP) is 5.01. The van der Waals surface area contributed by atoms with Gasteiger partial charge in [-0.05, 0) is 47.4 Å². The summed E-state index contributed by atoms with van der Waals surface area (Å²) in [5, 5.41) is 0. The Bertz CT molecular complexity index is 1120. The summed E-state index contributed by atoms with van der Waals surface area (Å²) in [5.74, 6) is 0.253. The highest BCUT2D eigenvalue weighted by Gasteiger charge is 2.25. The molecule has 168 valence electrons. The van der Waals surface area contributed by atoms with Crippen molar-refractivity contribution in [3.63, 3.8) is 0 Å². The zero-order chi connectivity index (χ0) is 23.0. The molecule has 7 nitrogen and oxygen atoms in total. The van der Waals surface area contributed by atoms with Crippen LogP contribution in [0.5, 0.6) is 0 Å². The summed E-state index contributed by atoms with van der Waals surface area (Å²) < 4.78 is 4.64. The predicted molar refractivity (Wildman–Crippen MR) is 135 cm³/mol. The smallest absolute Gasteiger partial charge is 0.320 e. The van der Waals surface area contributed by atoms with Gasteiger partial charge in [-0.2, -0.15) is 0 Å². The number of carbonyl (C=O) groups is 2. The van der Waals surface area contributed by atoms with Gasteiger partial charge in [-0.25, -0.2) is 18.4 Å². The Balaban J connectivity index is 1.51. The SMILES string of the molecule is O=C(NOI)c1ccc(CN(C(=O)N2CC=C(c3ccccc3)CC2)c2ccccn2)cc1. The quantitative estimate of drug-likeness (QED) is 0.344. The maximum atomic E-state index is 13.5. The Kier molecular flexibility index (Phi) is 7.69. The van der Waals surface area contributed by atoms with E-state index in [9.17, 15) is 9.59 Å². The highest BCUT2D eigenvalue weighted by atomic mass is 127. The van der Waals surface area contributed by atoms with Gasteiger partial charge in [0.05, 0.1) is 6.54 Å². The van der Waals surface area contributed by atoms with E-state index in [4.69, 9.17) is 0 Å². The monoisotopic (exact) mass is 554 g/mol. The molecule has 4 rings (SSSR count). The number of aromatic nitrogens is 1. The van der Waals surface area contributed by atoms with Gasteiger partial charge < -0.3 is 4.90 Å². The summed E-state index contributed by atoms with van der Waals surface area (Å²) in [4.78, 5) is 33.3. The number of nitrogens with one attached hydrogen (secondary N) is 1. The van der Waals surface area contributed by atoms with Gasteiger partial charge >= 0.3 is 6.03 Å². The third-order valence-corrected chi connectivity index (χ3v) is 5.69. The van der Waals surface area contributed by atoms with Gasteiger partial charge in [0.25, 0.3) is 5.91 Å². The number of pyridine rings is 1. The number of benzene rings is 2. The first kappa shape index (κ1) is 22.9. The first-order valence-electron chi connectivity index (χ1n) is 10.5. The number of anilines is 1. The molecule has 0 spiro atoms. The lowest BCUT2D eigenvalue weighted by Crippen LogP contribution is -2.45. The lowest BCUT2D eigenvalue weighted by atomic mass is 10.00. The van der Waals surface area contributed by atoms with Crippen molar-refractivity contribution in [2.75, 3.05) is 18.0 Å². The molecular formula is C25H23IN4O3. The normalized spacial score (nSPS) is 13.2. The summed E-state index contributed by atoms with van der Waals surface area (Å²) in [7, 11) is 0. The van der Waals surface area contributed by atoms with Crippen molar-refractivity contribution < 1.29 is 12.8 Å². The molecule has 0 aliphatic carbocycles. The van der Waals surface area contributed by atoms with Crippen LogP contribution < -0.4 is 10.4 Å². The van der Waals surface area contributed by atoms with E-state index in [1.165, 1.54) is 11.1 Å². The third kappa shape index (κ3) is 5.77. The van der Waals surface area contributed by atoms with Crippen LogP contribution in [0.25, 0.3) is 5.57 Å². The second kappa shape index (κ2) is 11.1. The number of urea groups is 1. The number of halogens is 1. The van der Waals surface area contributed by atoms with E-state index in [0.29, 0.717) is 31.0 Å². The minimum absolute atomic E-state index is 0.0998. The molecule has 0 saturated heterocycles. The molecule has 2 aromatic carbocycles. The fourth-order valence-electron chi connectivity index (χ4n) is 3.73. The number of amides is 3. The molecule has 2 heterocycles. The van der Waals surface area contributed by atoms with E-state index in [-0.39, 0.29) is 11.9 Å². The minimum Gasteiger partial charge on any atom is -0.320 e. The first-order chi connectivity index (χ1) is 16.2. The number of hydrogen-bond donors (Lipinski definition) is 1. The lowest BCUT2D eigenvalue weighted by Gasteiger charge is -2.32. The van der Waals surface area contributed by atoms with E-state index in [1.54, 1.807) is 46.2 Å². The fraction of sp³-hybridized carbons (Fsp3) is 0.160. The zero-order valence-electron chi connectivity index (χ0n) is 17.9. The maximum Gasteiger partial charge on any atom is 0.326 e. The second-order valence-corrected chi connectivity index (χ2v) is 7.99. The van der Waals surface area contributed by atoms with Gasteiger partial charge in [-0.1, -0.05) is 54.6 Å². The van der Waals surface area contributed by atoms with Gasteiger partial charge in [-0.15, -0.1) is 0 Å². The Morgan fingerprint density at radius 3 is 2.42 bits per heavy atom. The molecule has 0 radical (unpaired) electrons. The molecule has 3 aromatic rings. The van der Waals surface area contributed by atoms with Crippen LogP contribution >= 0.6 is 23.0 Å². The molecule has 1 aliphatic rings. The van der Waals surface area contributed by atoms with Crippen molar-refractivity contribution in [2.45, 2.75) is 13.0 Å². The van der Waals surface area contributed by atoms with Crippen molar-refractivity contribution in [1.29, 1.82) is 0 Å². The molecular weight excluding hydrogens is 531 g/mol. The second-order valence-electron chi connectivity index (χ2n) is 7.55.